The van der Waals surface area contributed by atoms with Crippen molar-refractivity contribution in [3.05, 3.63) is 45.5 Å². The average Bonchev–Trinajstić information content (AvgIpc) is 3.30. The SMILES string of the molecule is Cc1noc(C2COCCN2C(=O)C2CC2c2ccc(Cl)c(Cl)c2)n1. The number of carbonyl (C=O) groups excluding carboxylic acids is 1. The molecule has 1 amide bonds. The van der Waals surface area contributed by atoms with Gasteiger partial charge >= 0.3 is 0 Å². The van der Waals surface area contributed by atoms with Gasteiger partial charge in [0.15, 0.2) is 5.82 Å². The van der Waals surface area contributed by atoms with Gasteiger partial charge in [-0.15, -0.1) is 0 Å². The third-order valence-corrected chi connectivity index (χ3v) is 5.46. The lowest BCUT2D eigenvalue weighted by Crippen LogP contribution is -2.44. The number of nitrogens with zero attached hydrogens (tertiary/aromatic N) is 3. The van der Waals surface area contributed by atoms with Gasteiger partial charge in [0.05, 0.1) is 23.3 Å². The average molecular weight is 382 g/mol. The topological polar surface area (TPSA) is 68.5 Å². The Morgan fingerprint density at radius 2 is 2.16 bits per heavy atom. The number of benzene rings is 1. The number of aryl methyl sites for hydroxylation is 1. The molecule has 0 spiro atoms. The number of amides is 1. The van der Waals surface area contributed by atoms with Crippen molar-refractivity contribution < 1.29 is 14.1 Å². The lowest BCUT2D eigenvalue weighted by molar-refractivity contribution is -0.142. The minimum absolute atomic E-state index is 0.0538. The second-order valence-electron chi connectivity index (χ2n) is 6.42. The summed E-state index contributed by atoms with van der Waals surface area (Å²) in [4.78, 5) is 19.1. The Morgan fingerprint density at radius 1 is 1.32 bits per heavy atom. The zero-order valence-corrected chi connectivity index (χ0v) is 15.1. The summed E-state index contributed by atoms with van der Waals surface area (Å²) in [6.45, 7) is 3.16. The molecule has 1 aromatic heterocycles. The molecule has 2 heterocycles. The number of halogens is 2. The van der Waals surface area contributed by atoms with E-state index in [1.807, 2.05) is 12.1 Å². The summed E-state index contributed by atoms with van der Waals surface area (Å²) in [6.07, 6.45) is 0.809. The fourth-order valence-electron chi connectivity index (χ4n) is 3.31. The van der Waals surface area contributed by atoms with Gasteiger partial charge < -0.3 is 14.2 Å². The summed E-state index contributed by atoms with van der Waals surface area (Å²) in [5.74, 6) is 1.20. The summed E-state index contributed by atoms with van der Waals surface area (Å²) < 4.78 is 10.8. The highest BCUT2D eigenvalue weighted by Crippen LogP contribution is 2.50. The van der Waals surface area contributed by atoms with Gasteiger partial charge in [-0.05, 0) is 37.0 Å². The molecule has 1 aromatic carbocycles. The third-order valence-electron chi connectivity index (χ3n) is 4.72. The van der Waals surface area contributed by atoms with Gasteiger partial charge in [-0.3, -0.25) is 4.79 Å². The molecule has 2 fully saturated rings. The standard InChI is InChI=1S/C17H17Cl2N3O3/c1-9-20-16(25-21-9)15-8-24-5-4-22(15)17(23)12-7-11(12)10-2-3-13(18)14(19)6-10/h2-3,6,11-12,15H,4-5,7-8H2,1H3. The highest BCUT2D eigenvalue weighted by Gasteiger charge is 2.48. The van der Waals surface area contributed by atoms with E-state index >= 15 is 0 Å². The minimum atomic E-state index is -0.322. The molecular formula is C17H17Cl2N3O3. The number of hydrogen-bond donors (Lipinski definition) is 0. The molecule has 8 heteroatoms. The van der Waals surface area contributed by atoms with Crippen LogP contribution >= 0.6 is 23.2 Å². The number of rotatable bonds is 3. The first-order chi connectivity index (χ1) is 12.0. The van der Waals surface area contributed by atoms with Crippen LogP contribution in [0.3, 0.4) is 0 Å². The van der Waals surface area contributed by atoms with Crippen LogP contribution in [0.15, 0.2) is 22.7 Å². The molecule has 0 radical (unpaired) electrons. The predicted molar refractivity (Wildman–Crippen MR) is 91.6 cm³/mol. The molecule has 25 heavy (non-hydrogen) atoms. The second kappa shape index (κ2) is 6.59. The molecule has 3 atom stereocenters. The summed E-state index contributed by atoms with van der Waals surface area (Å²) in [6, 6.07) is 5.24. The Kier molecular flexibility index (Phi) is 4.43. The normalized spacial score (nSPS) is 25.9. The fourth-order valence-corrected chi connectivity index (χ4v) is 3.62. The van der Waals surface area contributed by atoms with E-state index in [2.05, 4.69) is 10.1 Å². The molecule has 0 bridgehead atoms. The van der Waals surface area contributed by atoms with Gasteiger partial charge in [-0.25, -0.2) is 0 Å². The van der Waals surface area contributed by atoms with Gasteiger partial charge in [-0.1, -0.05) is 34.4 Å². The molecule has 1 saturated heterocycles. The molecule has 3 unspecified atom stereocenters. The van der Waals surface area contributed by atoms with Gasteiger partial charge in [0.25, 0.3) is 5.89 Å². The molecule has 2 aliphatic rings. The molecule has 1 saturated carbocycles. The number of carbonyl (C=O) groups is 1. The smallest absolute Gasteiger partial charge is 0.251 e. The second-order valence-corrected chi connectivity index (χ2v) is 7.24. The zero-order valence-electron chi connectivity index (χ0n) is 13.6. The van der Waals surface area contributed by atoms with Crippen LogP contribution in [0.4, 0.5) is 0 Å². The fraction of sp³-hybridized carbons (Fsp3) is 0.471. The van der Waals surface area contributed by atoms with Crippen LogP contribution in [0.1, 0.15) is 35.7 Å². The molecule has 2 aromatic rings. The van der Waals surface area contributed by atoms with E-state index in [9.17, 15) is 4.79 Å². The lowest BCUT2D eigenvalue weighted by atomic mass is 10.1. The molecule has 4 rings (SSSR count). The molecular weight excluding hydrogens is 365 g/mol. The zero-order chi connectivity index (χ0) is 17.6. The Labute approximate surface area is 155 Å². The van der Waals surface area contributed by atoms with Crippen LogP contribution in [-0.4, -0.2) is 40.7 Å². The van der Waals surface area contributed by atoms with Crippen molar-refractivity contribution in [1.82, 2.24) is 15.0 Å². The number of hydrogen-bond acceptors (Lipinski definition) is 5. The summed E-state index contributed by atoms with van der Waals surface area (Å²) in [5, 5.41) is 4.86. The predicted octanol–water partition coefficient (Wildman–Crippen LogP) is 3.39. The molecule has 132 valence electrons. The van der Waals surface area contributed by atoms with Crippen LogP contribution in [-0.2, 0) is 9.53 Å². The maximum atomic E-state index is 13.0. The largest absolute Gasteiger partial charge is 0.377 e. The van der Waals surface area contributed by atoms with Gasteiger partial charge in [-0.2, -0.15) is 4.98 Å². The minimum Gasteiger partial charge on any atom is -0.377 e. The number of ether oxygens (including phenoxy) is 1. The summed E-state index contributed by atoms with van der Waals surface area (Å²) in [7, 11) is 0. The van der Waals surface area contributed by atoms with Crippen LogP contribution in [0.5, 0.6) is 0 Å². The Bertz CT molecular complexity index is 810. The van der Waals surface area contributed by atoms with Crippen LogP contribution in [0.25, 0.3) is 0 Å². The van der Waals surface area contributed by atoms with E-state index in [0.29, 0.717) is 41.5 Å². The van der Waals surface area contributed by atoms with Crippen molar-refractivity contribution >= 4 is 29.1 Å². The third kappa shape index (κ3) is 3.26. The van der Waals surface area contributed by atoms with Gasteiger partial charge in [0.1, 0.15) is 6.04 Å². The number of morpholine rings is 1. The van der Waals surface area contributed by atoms with E-state index in [-0.39, 0.29) is 23.8 Å². The highest BCUT2D eigenvalue weighted by molar-refractivity contribution is 6.42. The summed E-state index contributed by atoms with van der Waals surface area (Å²) >= 11 is 12.1. The van der Waals surface area contributed by atoms with E-state index < -0.39 is 0 Å². The van der Waals surface area contributed by atoms with E-state index in [0.717, 1.165) is 12.0 Å². The number of aromatic nitrogens is 2. The monoisotopic (exact) mass is 381 g/mol. The van der Waals surface area contributed by atoms with Crippen LogP contribution in [0.2, 0.25) is 10.0 Å². The highest BCUT2D eigenvalue weighted by atomic mass is 35.5. The lowest BCUT2D eigenvalue weighted by Gasteiger charge is -2.33. The van der Waals surface area contributed by atoms with E-state index in [1.165, 1.54) is 0 Å². The van der Waals surface area contributed by atoms with E-state index in [1.54, 1.807) is 17.9 Å². The first-order valence-corrected chi connectivity index (χ1v) is 8.93. The van der Waals surface area contributed by atoms with Crippen molar-refractivity contribution in [2.75, 3.05) is 19.8 Å². The van der Waals surface area contributed by atoms with Crippen LogP contribution < -0.4 is 0 Å². The summed E-state index contributed by atoms with van der Waals surface area (Å²) in [5.41, 5.74) is 1.05. The maximum absolute atomic E-state index is 13.0. The Hall–Kier alpha value is -1.63. The maximum Gasteiger partial charge on any atom is 0.251 e. The Morgan fingerprint density at radius 3 is 2.88 bits per heavy atom. The Balaban J connectivity index is 1.51. The van der Waals surface area contributed by atoms with Crippen molar-refractivity contribution in [3.8, 4) is 0 Å². The van der Waals surface area contributed by atoms with Gasteiger partial charge in [0, 0.05) is 12.5 Å². The molecule has 1 aliphatic heterocycles. The molecule has 6 nitrogen and oxygen atoms in total. The first-order valence-electron chi connectivity index (χ1n) is 8.18. The first kappa shape index (κ1) is 16.8. The molecule has 0 N–H and O–H groups in total. The van der Waals surface area contributed by atoms with E-state index in [4.69, 9.17) is 32.5 Å². The van der Waals surface area contributed by atoms with Gasteiger partial charge in [0.2, 0.25) is 5.91 Å². The van der Waals surface area contributed by atoms with Crippen molar-refractivity contribution in [2.45, 2.75) is 25.3 Å². The van der Waals surface area contributed by atoms with Crippen molar-refractivity contribution in [3.63, 3.8) is 0 Å². The van der Waals surface area contributed by atoms with Crippen molar-refractivity contribution in [1.29, 1.82) is 0 Å². The van der Waals surface area contributed by atoms with Crippen molar-refractivity contribution in [2.24, 2.45) is 5.92 Å². The van der Waals surface area contributed by atoms with Crippen LogP contribution in [0, 0.1) is 12.8 Å². The molecule has 1 aliphatic carbocycles. The quantitative estimate of drug-likeness (QED) is 0.814.